The number of carboxylic acid groups (broad SMARTS) is 4. The predicted molar refractivity (Wildman–Crippen MR) is 123 cm³/mol. The molecule has 0 bridgehead atoms. The Morgan fingerprint density at radius 3 is 1.47 bits per heavy atom. The van der Waals surface area contributed by atoms with Crippen LogP contribution in [-0.2, 0) is 33.6 Å². The molecule has 0 saturated heterocycles. The Balaban J connectivity index is 5.26. The summed E-state index contributed by atoms with van der Waals surface area (Å²) in [7, 11) is 0. The van der Waals surface area contributed by atoms with Crippen LogP contribution in [-0.4, -0.2) is 80.2 Å². The molecule has 3 atom stereocenters. The average Bonchev–Trinajstić information content (AvgIpc) is 2.78. The van der Waals surface area contributed by atoms with Crippen LogP contribution in [0, 0.1) is 0 Å². The summed E-state index contributed by atoms with van der Waals surface area (Å²) in [6.45, 7) is 1.99. The van der Waals surface area contributed by atoms with Crippen molar-refractivity contribution < 1.29 is 54.0 Å². The van der Waals surface area contributed by atoms with Crippen LogP contribution in [0.3, 0.4) is 0 Å². The van der Waals surface area contributed by atoms with Crippen molar-refractivity contribution in [2.45, 2.75) is 95.7 Å². The van der Waals surface area contributed by atoms with Gasteiger partial charge in [-0.2, -0.15) is 0 Å². The molecule has 0 aromatic carbocycles. The Labute approximate surface area is 207 Å². The molecule has 14 heteroatoms. The second kappa shape index (κ2) is 17.7. The standard InChI is InChI=1S/C22H35N3O11/c1-2-3-4-5-6-16(26)23-13(20(32)25-15(22(35)36)9-12-19(30)31)7-10-17(27)24-14(21(33)34)8-11-18(28)29/h13-15H,2-12H2,1H3,(H,23,26)(H,24,27)(H,25,32)(H,28,29)(H,30,31)(H,33,34)(H,35,36). The van der Waals surface area contributed by atoms with E-state index < -0.39 is 85.4 Å². The van der Waals surface area contributed by atoms with Crippen LogP contribution < -0.4 is 16.0 Å². The second-order valence-electron chi connectivity index (χ2n) is 8.19. The number of nitrogens with one attached hydrogen (secondary N) is 3. The first kappa shape index (κ1) is 32.3. The fourth-order valence-electron chi connectivity index (χ4n) is 3.11. The second-order valence-corrected chi connectivity index (χ2v) is 8.19. The van der Waals surface area contributed by atoms with Gasteiger partial charge in [-0.3, -0.25) is 24.0 Å². The van der Waals surface area contributed by atoms with Crippen molar-refractivity contribution in [3.05, 3.63) is 0 Å². The van der Waals surface area contributed by atoms with Crippen LogP contribution in [0.5, 0.6) is 0 Å². The van der Waals surface area contributed by atoms with E-state index in [0.717, 1.165) is 19.3 Å². The minimum atomic E-state index is -1.54. The monoisotopic (exact) mass is 517 g/mol. The Morgan fingerprint density at radius 2 is 1.00 bits per heavy atom. The van der Waals surface area contributed by atoms with E-state index in [1.54, 1.807) is 0 Å². The number of hydrogen-bond donors (Lipinski definition) is 7. The van der Waals surface area contributed by atoms with Crippen molar-refractivity contribution in [2.24, 2.45) is 0 Å². The molecular weight excluding hydrogens is 482 g/mol. The third-order valence-electron chi connectivity index (χ3n) is 5.11. The summed E-state index contributed by atoms with van der Waals surface area (Å²) in [4.78, 5) is 81.3. The molecule has 3 unspecified atom stereocenters. The predicted octanol–water partition coefficient (Wildman–Crippen LogP) is 0.0902. The van der Waals surface area contributed by atoms with Crippen molar-refractivity contribution in [1.82, 2.24) is 16.0 Å². The zero-order chi connectivity index (χ0) is 27.7. The Bertz CT molecular complexity index is 800. The van der Waals surface area contributed by atoms with E-state index in [1.165, 1.54) is 0 Å². The van der Waals surface area contributed by atoms with Gasteiger partial charge in [-0.25, -0.2) is 9.59 Å². The molecule has 36 heavy (non-hydrogen) atoms. The summed E-state index contributed by atoms with van der Waals surface area (Å²) >= 11 is 0. The molecule has 0 aromatic rings. The van der Waals surface area contributed by atoms with Gasteiger partial charge in [-0.15, -0.1) is 0 Å². The topological polar surface area (TPSA) is 236 Å². The molecule has 3 amide bonds. The SMILES string of the molecule is CCCCCCC(=O)NC(CCC(=O)NC(CCC(=O)O)C(=O)O)C(=O)NC(CCC(=O)O)C(=O)O. The molecule has 14 nitrogen and oxygen atoms in total. The molecule has 0 aliphatic carbocycles. The fourth-order valence-corrected chi connectivity index (χ4v) is 3.11. The highest BCUT2D eigenvalue weighted by molar-refractivity contribution is 5.91. The number of hydrogen-bond acceptors (Lipinski definition) is 7. The molecule has 0 heterocycles. The van der Waals surface area contributed by atoms with Crippen LogP contribution in [0.25, 0.3) is 0 Å². The highest BCUT2D eigenvalue weighted by Gasteiger charge is 2.28. The minimum absolute atomic E-state index is 0.0909. The van der Waals surface area contributed by atoms with Gasteiger partial charge in [0.1, 0.15) is 18.1 Å². The molecule has 0 saturated carbocycles. The molecule has 0 aliphatic heterocycles. The molecule has 0 radical (unpaired) electrons. The molecular formula is C22H35N3O11. The Morgan fingerprint density at radius 1 is 0.556 bits per heavy atom. The maximum absolute atomic E-state index is 12.7. The molecule has 0 aliphatic rings. The third kappa shape index (κ3) is 15.2. The lowest BCUT2D eigenvalue weighted by molar-refractivity contribution is -0.144. The molecule has 7 N–H and O–H groups in total. The van der Waals surface area contributed by atoms with Gasteiger partial charge >= 0.3 is 23.9 Å². The van der Waals surface area contributed by atoms with Gasteiger partial charge < -0.3 is 36.4 Å². The minimum Gasteiger partial charge on any atom is -0.481 e. The first-order chi connectivity index (χ1) is 16.9. The smallest absolute Gasteiger partial charge is 0.326 e. The van der Waals surface area contributed by atoms with E-state index in [0.29, 0.717) is 6.42 Å². The van der Waals surface area contributed by atoms with E-state index in [1.807, 2.05) is 6.92 Å². The fraction of sp³-hybridized carbons (Fsp3) is 0.682. The number of carbonyl (C=O) groups excluding carboxylic acids is 3. The lowest BCUT2D eigenvalue weighted by atomic mass is 10.1. The van der Waals surface area contributed by atoms with Crippen LogP contribution in [0.1, 0.15) is 77.6 Å². The summed E-state index contributed by atoms with van der Waals surface area (Å²) in [6.07, 6.45) is 0.745. The summed E-state index contributed by atoms with van der Waals surface area (Å²) in [5.74, 6) is -7.69. The largest absolute Gasteiger partial charge is 0.481 e. The first-order valence-corrected chi connectivity index (χ1v) is 11.7. The van der Waals surface area contributed by atoms with Crippen molar-refractivity contribution >= 4 is 41.6 Å². The number of amides is 3. The zero-order valence-electron chi connectivity index (χ0n) is 20.2. The van der Waals surface area contributed by atoms with Crippen LogP contribution >= 0.6 is 0 Å². The van der Waals surface area contributed by atoms with Crippen LogP contribution in [0.4, 0.5) is 0 Å². The highest BCUT2D eigenvalue weighted by atomic mass is 16.4. The van der Waals surface area contributed by atoms with Crippen molar-refractivity contribution in [1.29, 1.82) is 0 Å². The van der Waals surface area contributed by atoms with E-state index >= 15 is 0 Å². The van der Waals surface area contributed by atoms with Crippen LogP contribution in [0.15, 0.2) is 0 Å². The number of rotatable bonds is 20. The van der Waals surface area contributed by atoms with Crippen LogP contribution in [0.2, 0.25) is 0 Å². The zero-order valence-corrected chi connectivity index (χ0v) is 20.2. The van der Waals surface area contributed by atoms with Crippen molar-refractivity contribution in [3.8, 4) is 0 Å². The van der Waals surface area contributed by atoms with Crippen molar-refractivity contribution in [2.75, 3.05) is 0 Å². The molecule has 0 fully saturated rings. The molecule has 204 valence electrons. The lowest BCUT2D eigenvalue weighted by Crippen LogP contribution is -2.52. The molecule has 0 spiro atoms. The number of carboxylic acids is 4. The van der Waals surface area contributed by atoms with Gasteiger partial charge in [0.15, 0.2) is 0 Å². The Hall–Kier alpha value is -3.71. The van der Waals surface area contributed by atoms with E-state index in [9.17, 15) is 38.7 Å². The van der Waals surface area contributed by atoms with Gasteiger partial charge in [-0.05, 0) is 25.7 Å². The van der Waals surface area contributed by atoms with E-state index in [-0.39, 0.29) is 19.3 Å². The average molecular weight is 518 g/mol. The van der Waals surface area contributed by atoms with Gasteiger partial charge in [-0.1, -0.05) is 26.2 Å². The Kier molecular flexibility index (Phi) is 15.9. The van der Waals surface area contributed by atoms with Gasteiger partial charge in [0.05, 0.1) is 0 Å². The maximum atomic E-state index is 12.7. The van der Waals surface area contributed by atoms with E-state index in [2.05, 4.69) is 16.0 Å². The number of carbonyl (C=O) groups is 7. The summed E-state index contributed by atoms with van der Waals surface area (Å²) in [5, 5.41) is 42.7. The van der Waals surface area contributed by atoms with Crippen molar-refractivity contribution in [3.63, 3.8) is 0 Å². The first-order valence-electron chi connectivity index (χ1n) is 11.7. The number of unbranched alkanes of at least 4 members (excludes halogenated alkanes) is 3. The van der Waals surface area contributed by atoms with Gasteiger partial charge in [0.25, 0.3) is 0 Å². The van der Waals surface area contributed by atoms with Gasteiger partial charge in [0.2, 0.25) is 17.7 Å². The summed E-state index contributed by atoms with van der Waals surface area (Å²) < 4.78 is 0. The summed E-state index contributed by atoms with van der Waals surface area (Å²) in [6, 6.07) is -4.36. The summed E-state index contributed by atoms with van der Waals surface area (Å²) in [5.41, 5.74) is 0. The molecule has 0 aromatic heterocycles. The van der Waals surface area contributed by atoms with Gasteiger partial charge in [0, 0.05) is 25.7 Å². The normalized spacial score (nSPS) is 13.0. The van der Waals surface area contributed by atoms with E-state index in [4.69, 9.17) is 15.3 Å². The third-order valence-corrected chi connectivity index (χ3v) is 5.11. The quantitative estimate of drug-likeness (QED) is 0.107. The highest BCUT2D eigenvalue weighted by Crippen LogP contribution is 2.07. The number of aliphatic carboxylic acids is 4. The molecule has 0 rings (SSSR count). The lowest BCUT2D eigenvalue weighted by Gasteiger charge is -2.22. The maximum Gasteiger partial charge on any atom is 0.326 e.